The van der Waals surface area contributed by atoms with Gasteiger partial charge in [-0.1, -0.05) is 42.0 Å². The van der Waals surface area contributed by atoms with Gasteiger partial charge in [-0.2, -0.15) is 10.2 Å². The Bertz CT molecular complexity index is 3740. The fourth-order valence-electron chi connectivity index (χ4n) is 7.57. The molecule has 0 radical (unpaired) electrons. The first-order chi connectivity index (χ1) is 33.5. The molecule has 70 heavy (non-hydrogen) atoms. The molecule has 1 aliphatic heterocycles. The van der Waals surface area contributed by atoms with E-state index in [4.69, 9.17) is 8.83 Å². The zero-order valence-corrected chi connectivity index (χ0v) is 37.4. The second-order valence-corrected chi connectivity index (χ2v) is 16.2. The summed E-state index contributed by atoms with van der Waals surface area (Å²) in [5.74, 6) is -5.30. The number of benzene rings is 3. The van der Waals surface area contributed by atoms with Gasteiger partial charge >= 0.3 is 11.5 Å². The van der Waals surface area contributed by atoms with Crippen LogP contribution >= 0.6 is 0 Å². The number of aryl methyl sites for hydroxylation is 3. The van der Waals surface area contributed by atoms with Gasteiger partial charge in [0, 0.05) is 59.5 Å². The number of halogens is 2. The van der Waals surface area contributed by atoms with E-state index in [1.165, 1.54) is 26.2 Å². The van der Waals surface area contributed by atoms with Crippen molar-refractivity contribution >= 4 is 63.0 Å². The van der Waals surface area contributed by atoms with Crippen LogP contribution in [0, 0.1) is 18.6 Å². The number of likely N-dealkylation sites (N-methyl/N-ethyl adjacent to an activating group) is 1. The predicted octanol–water partition coefficient (Wildman–Crippen LogP) is 2.30. The van der Waals surface area contributed by atoms with Crippen LogP contribution in [0.3, 0.4) is 0 Å². The SMILES string of the molecule is CN1C[C@H](NC(=O)c2cc(C(=O)NCc3ccc4oc(=O)n(C)c4c3)nc3c(F)cnn23)C1=O.Cc1cccc(CNC(=O)c2cc(C(=O)NCc3ccc4oc(=O)n(C)c4c3)nc3c(F)cnn23)c1. The molecule has 4 N–H and O–H groups in total. The van der Waals surface area contributed by atoms with Gasteiger partial charge < -0.3 is 35.0 Å². The number of oxazole rings is 2. The molecular formula is C46H39F2N13O9. The molecule has 3 aromatic carbocycles. The van der Waals surface area contributed by atoms with Crippen LogP contribution in [0.5, 0.6) is 0 Å². The van der Waals surface area contributed by atoms with E-state index in [0.717, 1.165) is 32.6 Å². The number of hydrogen-bond acceptors (Lipinski definition) is 13. The van der Waals surface area contributed by atoms with Crippen molar-refractivity contribution in [2.24, 2.45) is 14.1 Å². The highest BCUT2D eigenvalue weighted by Crippen LogP contribution is 2.18. The van der Waals surface area contributed by atoms with E-state index >= 15 is 0 Å². The molecule has 10 rings (SSSR count). The average molecular weight is 956 g/mol. The lowest BCUT2D eigenvalue weighted by Gasteiger charge is -2.35. The largest absolute Gasteiger partial charge is 0.419 e. The number of nitrogens with one attached hydrogen (secondary N) is 4. The summed E-state index contributed by atoms with van der Waals surface area (Å²) in [5.41, 5.74) is 4.27. The van der Waals surface area contributed by atoms with Crippen molar-refractivity contribution < 1.29 is 41.6 Å². The molecule has 0 unspecified atom stereocenters. The molecule has 1 fully saturated rings. The molecule has 1 atom stereocenters. The number of carbonyl (C=O) groups is 5. The van der Waals surface area contributed by atoms with E-state index in [1.54, 1.807) is 57.5 Å². The molecule has 0 spiro atoms. The summed E-state index contributed by atoms with van der Waals surface area (Å²) in [6, 6.07) is 19.5. The Hall–Kier alpha value is -9.35. The van der Waals surface area contributed by atoms with E-state index in [2.05, 4.69) is 41.4 Å². The summed E-state index contributed by atoms with van der Waals surface area (Å²) in [6.45, 7) is 2.72. The third-order valence-electron chi connectivity index (χ3n) is 11.4. The van der Waals surface area contributed by atoms with Gasteiger partial charge in [0.2, 0.25) is 5.91 Å². The zero-order valence-electron chi connectivity index (χ0n) is 37.4. The smallest absolute Gasteiger partial charge is 0.408 e. The van der Waals surface area contributed by atoms with Crippen LogP contribution in [-0.4, -0.2) is 92.4 Å². The molecule has 1 aliphatic rings. The Morgan fingerprint density at radius 2 is 1.10 bits per heavy atom. The lowest BCUT2D eigenvalue weighted by atomic mass is 10.1. The van der Waals surface area contributed by atoms with Crippen molar-refractivity contribution in [2.75, 3.05) is 13.6 Å². The maximum Gasteiger partial charge on any atom is 0.419 e. The first-order valence-electron chi connectivity index (χ1n) is 21.2. The van der Waals surface area contributed by atoms with Gasteiger partial charge in [0.25, 0.3) is 23.6 Å². The first-order valence-corrected chi connectivity index (χ1v) is 21.2. The Morgan fingerprint density at radius 3 is 1.57 bits per heavy atom. The second kappa shape index (κ2) is 18.4. The van der Waals surface area contributed by atoms with Crippen molar-refractivity contribution in [2.45, 2.75) is 32.6 Å². The van der Waals surface area contributed by atoms with Crippen LogP contribution in [0.4, 0.5) is 8.78 Å². The molecule has 9 aromatic rings. The fourth-order valence-corrected chi connectivity index (χ4v) is 7.57. The van der Waals surface area contributed by atoms with Gasteiger partial charge in [0.15, 0.2) is 34.1 Å². The molecule has 0 aliphatic carbocycles. The second-order valence-electron chi connectivity index (χ2n) is 16.2. The standard InChI is InChI=1S/C25H21FN6O4.C21H18FN7O5/c1-14-4-3-5-15(8-14)11-28-24(34)20-10-18(30-22-17(26)13-29-32(20)22)23(33)27-12-16-6-7-21-19(9-16)31(2)25(35)36-21;1-27-9-13(20(27)32)26-19(31)15-6-12(25-17-11(22)8-24-29(15)17)18(30)23-7-10-3-4-16-14(5-10)28(2)21(33)34-16/h3-10,13H,11-12H2,1-2H3,(H,27,33)(H,28,34);3-6,8,13H,7,9H2,1-2H3,(H,23,30)(H,26,31)/t;13-/m.0/s1. The Kier molecular flexibility index (Phi) is 12.0. The molecule has 24 heteroatoms. The van der Waals surface area contributed by atoms with Gasteiger partial charge in [-0.05, 0) is 47.9 Å². The quantitative estimate of drug-likeness (QED) is 0.136. The van der Waals surface area contributed by atoms with Gasteiger partial charge in [-0.15, -0.1) is 0 Å². The Labute approximate surface area is 391 Å². The summed E-state index contributed by atoms with van der Waals surface area (Å²) in [4.78, 5) is 96.1. The normalized spacial score (nSPS) is 13.3. The highest BCUT2D eigenvalue weighted by Gasteiger charge is 2.36. The molecular weight excluding hydrogens is 917 g/mol. The topological polar surface area (TPSA) is 267 Å². The number of β-lactam (4-membered cyclic amide) rings is 1. The highest BCUT2D eigenvalue weighted by atomic mass is 19.1. The zero-order chi connectivity index (χ0) is 49.5. The molecule has 1 saturated heterocycles. The minimum absolute atomic E-state index is 0.0310. The number of nitrogens with zero attached hydrogens (tertiary/aromatic N) is 9. The number of amides is 5. The van der Waals surface area contributed by atoms with Crippen molar-refractivity contribution in [3.05, 3.63) is 163 Å². The Morgan fingerprint density at radius 1 is 0.629 bits per heavy atom. The number of rotatable bonds is 11. The fraction of sp³-hybridized carbons (Fsp3) is 0.196. The van der Waals surface area contributed by atoms with Crippen LogP contribution in [0.1, 0.15) is 64.2 Å². The van der Waals surface area contributed by atoms with Crippen LogP contribution in [0.15, 0.2) is 104 Å². The monoisotopic (exact) mass is 955 g/mol. The molecule has 22 nitrogen and oxygen atoms in total. The minimum atomic E-state index is -0.811. The lowest BCUT2D eigenvalue weighted by molar-refractivity contribution is -0.141. The van der Waals surface area contributed by atoms with E-state index in [9.17, 15) is 42.3 Å². The number of carbonyl (C=O) groups excluding carboxylic acids is 5. The van der Waals surface area contributed by atoms with Crippen molar-refractivity contribution in [1.82, 2.24) is 64.5 Å². The molecule has 5 amide bonds. The lowest BCUT2D eigenvalue weighted by Crippen LogP contribution is -2.62. The van der Waals surface area contributed by atoms with E-state index in [-0.39, 0.29) is 59.6 Å². The third kappa shape index (κ3) is 8.94. The van der Waals surface area contributed by atoms with Gasteiger partial charge in [-0.25, -0.2) is 37.4 Å². The summed E-state index contributed by atoms with van der Waals surface area (Å²) in [6.07, 6.45) is 1.82. The predicted molar refractivity (Wildman–Crippen MR) is 242 cm³/mol. The van der Waals surface area contributed by atoms with Gasteiger partial charge in [-0.3, -0.25) is 33.1 Å². The molecule has 6 aromatic heterocycles. The highest BCUT2D eigenvalue weighted by molar-refractivity contribution is 6.01. The summed E-state index contributed by atoms with van der Waals surface area (Å²) < 4.78 is 43.5. The molecule has 7 heterocycles. The van der Waals surface area contributed by atoms with Crippen LogP contribution < -0.4 is 32.8 Å². The number of fused-ring (bicyclic) bond motifs is 4. The third-order valence-corrected chi connectivity index (χ3v) is 11.4. The van der Waals surface area contributed by atoms with Crippen LogP contribution in [-0.2, 0) is 38.5 Å². The van der Waals surface area contributed by atoms with Crippen LogP contribution in [0.2, 0.25) is 0 Å². The minimum Gasteiger partial charge on any atom is -0.408 e. The van der Waals surface area contributed by atoms with Gasteiger partial charge in [0.1, 0.15) is 28.8 Å². The number of aromatic nitrogens is 8. The van der Waals surface area contributed by atoms with E-state index < -0.39 is 52.8 Å². The summed E-state index contributed by atoms with van der Waals surface area (Å²) in [7, 11) is 4.75. The van der Waals surface area contributed by atoms with E-state index in [0.29, 0.717) is 39.9 Å². The Balaban J connectivity index is 0.000000174. The average Bonchev–Trinajstić information content (AvgIpc) is 4.09. The first kappa shape index (κ1) is 45.8. The van der Waals surface area contributed by atoms with Crippen molar-refractivity contribution in [3.8, 4) is 0 Å². The van der Waals surface area contributed by atoms with Crippen LogP contribution in [0.25, 0.3) is 33.5 Å². The number of hydrogen-bond donors (Lipinski definition) is 4. The number of likely N-dealkylation sites (tertiary alicyclic amines) is 1. The van der Waals surface area contributed by atoms with E-state index in [1.807, 2.05) is 31.2 Å². The van der Waals surface area contributed by atoms with Crippen molar-refractivity contribution in [1.29, 1.82) is 0 Å². The molecule has 0 saturated carbocycles. The molecule has 356 valence electrons. The van der Waals surface area contributed by atoms with Gasteiger partial charge in [0.05, 0.1) is 23.4 Å². The maximum absolute atomic E-state index is 14.3. The summed E-state index contributed by atoms with van der Waals surface area (Å²) >= 11 is 0. The van der Waals surface area contributed by atoms with Crippen molar-refractivity contribution in [3.63, 3.8) is 0 Å². The summed E-state index contributed by atoms with van der Waals surface area (Å²) in [5, 5.41) is 18.4. The molecule has 0 bridgehead atoms. The maximum atomic E-state index is 14.3.